The largest absolute Gasteiger partial charge is 0.307 e. The first-order valence-electron chi connectivity index (χ1n) is 4.55. The number of rotatable bonds is 4. The van der Waals surface area contributed by atoms with Crippen LogP contribution >= 0.6 is 11.8 Å². The van der Waals surface area contributed by atoms with E-state index in [2.05, 4.69) is 25.4 Å². The van der Waals surface area contributed by atoms with Gasteiger partial charge in [-0.05, 0) is 0 Å². The SMILES string of the molecule is NNc1cnc(CSc2cnccn2)cn1. The lowest BCUT2D eigenvalue weighted by molar-refractivity contribution is 1.04. The van der Waals surface area contributed by atoms with Gasteiger partial charge in [0, 0.05) is 18.1 Å². The Bertz CT molecular complexity index is 432. The Morgan fingerprint density at radius 3 is 2.69 bits per heavy atom. The van der Waals surface area contributed by atoms with E-state index in [9.17, 15) is 0 Å². The van der Waals surface area contributed by atoms with Crippen LogP contribution in [0.2, 0.25) is 0 Å². The van der Waals surface area contributed by atoms with Gasteiger partial charge in [-0.25, -0.2) is 15.8 Å². The zero-order valence-corrected chi connectivity index (χ0v) is 9.18. The van der Waals surface area contributed by atoms with Crippen LogP contribution in [0.5, 0.6) is 0 Å². The molecule has 6 nitrogen and oxygen atoms in total. The zero-order chi connectivity index (χ0) is 11.2. The van der Waals surface area contributed by atoms with Crippen molar-refractivity contribution >= 4 is 17.6 Å². The number of nitrogens with two attached hydrogens (primary N) is 1. The van der Waals surface area contributed by atoms with Crippen LogP contribution in [0.1, 0.15) is 5.69 Å². The van der Waals surface area contributed by atoms with E-state index in [1.807, 2.05) is 0 Å². The first-order chi connectivity index (χ1) is 7.88. The summed E-state index contributed by atoms with van der Waals surface area (Å²) in [7, 11) is 0. The van der Waals surface area contributed by atoms with Crippen LogP contribution in [0.3, 0.4) is 0 Å². The average Bonchev–Trinajstić information content (AvgIpc) is 2.38. The molecule has 0 fully saturated rings. The number of nitrogens with zero attached hydrogens (tertiary/aromatic N) is 4. The van der Waals surface area contributed by atoms with Gasteiger partial charge in [-0.15, -0.1) is 0 Å². The van der Waals surface area contributed by atoms with E-state index >= 15 is 0 Å². The molecule has 0 aliphatic rings. The highest BCUT2D eigenvalue weighted by molar-refractivity contribution is 7.98. The Balaban J connectivity index is 1.94. The molecule has 0 aliphatic carbocycles. The summed E-state index contributed by atoms with van der Waals surface area (Å²) in [6.45, 7) is 0. The fraction of sp³-hybridized carbons (Fsp3) is 0.111. The monoisotopic (exact) mass is 234 g/mol. The third-order valence-corrected chi connectivity index (χ3v) is 2.71. The number of hydrazine groups is 1. The molecule has 0 atom stereocenters. The number of aromatic nitrogens is 4. The van der Waals surface area contributed by atoms with Crippen LogP contribution < -0.4 is 11.3 Å². The molecule has 2 aromatic rings. The zero-order valence-electron chi connectivity index (χ0n) is 8.37. The topological polar surface area (TPSA) is 89.6 Å². The average molecular weight is 234 g/mol. The molecule has 0 saturated carbocycles. The molecule has 0 spiro atoms. The van der Waals surface area contributed by atoms with Crippen molar-refractivity contribution in [2.45, 2.75) is 10.8 Å². The van der Waals surface area contributed by atoms with Gasteiger partial charge in [0.1, 0.15) is 5.03 Å². The van der Waals surface area contributed by atoms with Crippen molar-refractivity contribution in [3.05, 3.63) is 36.7 Å². The highest BCUT2D eigenvalue weighted by Crippen LogP contribution is 2.17. The van der Waals surface area contributed by atoms with Gasteiger partial charge in [-0.1, -0.05) is 11.8 Å². The fourth-order valence-corrected chi connectivity index (χ4v) is 1.73. The van der Waals surface area contributed by atoms with Crippen LogP contribution in [-0.4, -0.2) is 19.9 Å². The molecule has 0 amide bonds. The van der Waals surface area contributed by atoms with Crippen molar-refractivity contribution in [3.63, 3.8) is 0 Å². The number of anilines is 1. The Morgan fingerprint density at radius 1 is 1.12 bits per heavy atom. The van der Waals surface area contributed by atoms with Crippen LogP contribution in [-0.2, 0) is 5.75 Å². The Morgan fingerprint density at radius 2 is 2.06 bits per heavy atom. The molecule has 3 N–H and O–H groups in total. The molecule has 2 aromatic heterocycles. The second kappa shape index (κ2) is 5.38. The number of nitrogen functional groups attached to an aromatic ring is 1. The smallest absolute Gasteiger partial charge is 0.158 e. The molecule has 0 aliphatic heterocycles. The summed E-state index contributed by atoms with van der Waals surface area (Å²) >= 11 is 1.56. The van der Waals surface area contributed by atoms with Gasteiger partial charge < -0.3 is 5.43 Å². The van der Waals surface area contributed by atoms with E-state index in [1.165, 1.54) is 0 Å². The summed E-state index contributed by atoms with van der Waals surface area (Å²) in [5.74, 6) is 6.44. The van der Waals surface area contributed by atoms with Crippen LogP contribution in [0, 0.1) is 0 Å². The van der Waals surface area contributed by atoms with Crippen LogP contribution in [0.4, 0.5) is 5.82 Å². The van der Waals surface area contributed by atoms with E-state index < -0.39 is 0 Å². The van der Waals surface area contributed by atoms with Gasteiger partial charge in [-0.3, -0.25) is 9.97 Å². The predicted molar refractivity (Wildman–Crippen MR) is 61.4 cm³/mol. The van der Waals surface area contributed by atoms with E-state index in [0.717, 1.165) is 10.7 Å². The Kier molecular flexibility index (Phi) is 3.62. The van der Waals surface area contributed by atoms with Gasteiger partial charge in [0.05, 0.1) is 24.3 Å². The van der Waals surface area contributed by atoms with E-state index in [1.54, 1.807) is 42.7 Å². The Hall–Kier alpha value is -1.73. The van der Waals surface area contributed by atoms with Gasteiger partial charge in [0.15, 0.2) is 5.82 Å². The van der Waals surface area contributed by atoms with Crippen molar-refractivity contribution < 1.29 is 0 Å². The molecular weight excluding hydrogens is 224 g/mol. The maximum Gasteiger partial charge on any atom is 0.158 e. The normalized spacial score (nSPS) is 10.1. The molecular formula is C9H10N6S. The standard InChI is InChI=1S/C9H10N6S/c10-15-8-4-13-7(3-14-8)6-16-9-5-11-1-2-12-9/h1-5H,6,10H2,(H,14,15). The minimum absolute atomic E-state index is 0.549. The second-order valence-electron chi connectivity index (χ2n) is 2.87. The lowest BCUT2D eigenvalue weighted by Crippen LogP contribution is -2.08. The number of nitrogens with one attached hydrogen (secondary N) is 1. The maximum absolute atomic E-state index is 5.19. The van der Waals surface area contributed by atoms with Crippen LogP contribution in [0.15, 0.2) is 36.0 Å². The van der Waals surface area contributed by atoms with Gasteiger partial charge in [-0.2, -0.15) is 0 Å². The van der Waals surface area contributed by atoms with Crippen LogP contribution in [0.25, 0.3) is 0 Å². The first kappa shape index (κ1) is 10.8. The molecule has 0 unspecified atom stereocenters. The minimum atomic E-state index is 0.549. The highest BCUT2D eigenvalue weighted by atomic mass is 32.2. The molecule has 2 rings (SSSR count). The van der Waals surface area contributed by atoms with E-state index in [-0.39, 0.29) is 0 Å². The quantitative estimate of drug-likeness (QED) is 0.460. The third kappa shape index (κ3) is 2.88. The van der Waals surface area contributed by atoms with Gasteiger partial charge >= 0.3 is 0 Å². The molecule has 0 saturated heterocycles. The summed E-state index contributed by atoms with van der Waals surface area (Å²) in [6.07, 6.45) is 8.29. The summed E-state index contributed by atoms with van der Waals surface area (Å²) < 4.78 is 0. The lowest BCUT2D eigenvalue weighted by atomic mass is 10.5. The molecule has 0 bridgehead atoms. The second-order valence-corrected chi connectivity index (χ2v) is 3.87. The van der Waals surface area contributed by atoms with Gasteiger partial charge in [0.25, 0.3) is 0 Å². The van der Waals surface area contributed by atoms with Crippen molar-refractivity contribution in [1.82, 2.24) is 19.9 Å². The first-order valence-corrected chi connectivity index (χ1v) is 5.53. The predicted octanol–water partition coefficient (Wildman–Crippen LogP) is 0.845. The summed E-state index contributed by atoms with van der Waals surface area (Å²) in [5, 5.41) is 0.866. The number of hydrogen-bond acceptors (Lipinski definition) is 7. The fourth-order valence-electron chi connectivity index (χ4n) is 1.01. The molecule has 7 heteroatoms. The molecule has 2 heterocycles. The van der Waals surface area contributed by atoms with Gasteiger partial charge in [0.2, 0.25) is 0 Å². The Labute approximate surface area is 96.7 Å². The van der Waals surface area contributed by atoms with Crippen molar-refractivity contribution in [2.75, 3.05) is 5.43 Å². The number of thioether (sulfide) groups is 1. The summed E-state index contributed by atoms with van der Waals surface area (Å²) in [5.41, 5.74) is 3.30. The molecule has 0 aromatic carbocycles. The van der Waals surface area contributed by atoms with E-state index in [0.29, 0.717) is 11.6 Å². The minimum Gasteiger partial charge on any atom is -0.307 e. The lowest BCUT2D eigenvalue weighted by Gasteiger charge is -2.01. The maximum atomic E-state index is 5.19. The van der Waals surface area contributed by atoms with E-state index in [4.69, 9.17) is 5.84 Å². The van der Waals surface area contributed by atoms with Crippen molar-refractivity contribution in [2.24, 2.45) is 5.84 Å². The highest BCUT2D eigenvalue weighted by Gasteiger charge is 1.99. The summed E-state index contributed by atoms with van der Waals surface area (Å²) in [4.78, 5) is 16.4. The number of hydrogen-bond donors (Lipinski definition) is 2. The summed E-state index contributed by atoms with van der Waals surface area (Å²) in [6, 6.07) is 0. The van der Waals surface area contributed by atoms with Crippen molar-refractivity contribution in [1.29, 1.82) is 0 Å². The molecule has 82 valence electrons. The third-order valence-electron chi connectivity index (χ3n) is 1.76. The van der Waals surface area contributed by atoms with Crippen molar-refractivity contribution in [3.8, 4) is 0 Å². The molecule has 16 heavy (non-hydrogen) atoms. The molecule has 0 radical (unpaired) electrons.